The van der Waals surface area contributed by atoms with E-state index in [-0.39, 0.29) is 0 Å². The second kappa shape index (κ2) is 5.39. The van der Waals surface area contributed by atoms with Crippen molar-refractivity contribution >= 4 is 11.8 Å². The third kappa shape index (κ3) is 3.70. The van der Waals surface area contributed by atoms with Crippen molar-refractivity contribution in [2.45, 2.75) is 50.9 Å². The molecule has 4 heteroatoms. The standard InChI is InChI=1S/C10H19N3S/c1-5-13-7-10(11-12-13)14-9(4)6-8(2)3/h7-9H,5-6H2,1-4H3. The van der Waals surface area contributed by atoms with Gasteiger partial charge < -0.3 is 0 Å². The first-order valence-electron chi connectivity index (χ1n) is 5.18. The molecule has 1 aromatic rings. The minimum atomic E-state index is 0.622. The van der Waals surface area contributed by atoms with Crippen molar-refractivity contribution in [1.82, 2.24) is 15.0 Å². The van der Waals surface area contributed by atoms with E-state index < -0.39 is 0 Å². The van der Waals surface area contributed by atoms with Crippen molar-refractivity contribution in [2.75, 3.05) is 0 Å². The van der Waals surface area contributed by atoms with Gasteiger partial charge in [0.2, 0.25) is 0 Å². The van der Waals surface area contributed by atoms with Gasteiger partial charge >= 0.3 is 0 Å². The molecule has 0 radical (unpaired) electrons. The van der Waals surface area contributed by atoms with E-state index in [0.717, 1.165) is 17.5 Å². The molecule has 1 heterocycles. The fourth-order valence-electron chi connectivity index (χ4n) is 1.41. The average Bonchev–Trinajstić information content (AvgIpc) is 2.50. The number of rotatable bonds is 5. The summed E-state index contributed by atoms with van der Waals surface area (Å²) in [6.07, 6.45) is 3.24. The van der Waals surface area contributed by atoms with Crippen LogP contribution >= 0.6 is 11.8 Å². The van der Waals surface area contributed by atoms with Crippen molar-refractivity contribution in [1.29, 1.82) is 0 Å². The van der Waals surface area contributed by atoms with Gasteiger partial charge in [-0.3, -0.25) is 4.68 Å². The van der Waals surface area contributed by atoms with Crippen molar-refractivity contribution < 1.29 is 0 Å². The molecule has 0 saturated heterocycles. The first-order chi connectivity index (χ1) is 6.61. The molecule has 3 nitrogen and oxygen atoms in total. The molecule has 0 aliphatic rings. The van der Waals surface area contributed by atoms with Crippen LogP contribution in [0.5, 0.6) is 0 Å². The van der Waals surface area contributed by atoms with Gasteiger partial charge in [-0.2, -0.15) is 0 Å². The van der Waals surface area contributed by atoms with Crippen LogP contribution in [0.15, 0.2) is 11.2 Å². The molecule has 0 fully saturated rings. The minimum Gasteiger partial charge on any atom is -0.252 e. The van der Waals surface area contributed by atoms with Crippen LogP contribution < -0.4 is 0 Å². The highest BCUT2D eigenvalue weighted by Gasteiger charge is 2.09. The van der Waals surface area contributed by atoms with Gasteiger partial charge in [-0.15, -0.1) is 5.10 Å². The lowest BCUT2D eigenvalue weighted by Crippen LogP contribution is -2.01. The summed E-state index contributed by atoms with van der Waals surface area (Å²) in [7, 11) is 0. The number of aryl methyl sites for hydroxylation is 1. The first-order valence-corrected chi connectivity index (χ1v) is 6.06. The van der Waals surface area contributed by atoms with E-state index in [4.69, 9.17) is 0 Å². The molecule has 0 amide bonds. The molecule has 0 bridgehead atoms. The summed E-state index contributed by atoms with van der Waals surface area (Å²) in [6.45, 7) is 9.71. The van der Waals surface area contributed by atoms with Gasteiger partial charge in [-0.1, -0.05) is 37.7 Å². The van der Waals surface area contributed by atoms with Crippen LogP contribution in [0.1, 0.15) is 34.1 Å². The zero-order valence-corrected chi connectivity index (χ0v) is 10.2. The molecular formula is C10H19N3S. The topological polar surface area (TPSA) is 30.7 Å². The molecule has 1 atom stereocenters. The van der Waals surface area contributed by atoms with Crippen molar-refractivity contribution in [3.05, 3.63) is 6.20 Å². The van der Waals surface area contributed by atoms with Gasteiger partial charge in [-0.25, -0.2) is 0 Å². The maximum absolute atomic E-state index is 4.11. The maximum atomic E-state index is 4.11. The monoisotopic (exact) mass is 213 g/mol. The van der Waals surface area contributed by atoms with Crippen LogP contribution in [0.25, 0.3) is 0 Å². The third-order valence-electron chi connectivity index (χ3n) is 1.97. The van der Waals surface area contributed by atoms with E-state index in [2.05, 4.69) is 38.0 Å². The van der Waals surface area contributed by atoms with E-state index in [0.29, 0.717) is 5.25 Å². The van der Waals surface area contributed by atoms with Crippen LogP contribution in [0, 0.1) is 5.92 Å². The largest absolute Gasteiger partial charge is 0.252 e. The first kappa shape index (κ1) is 11.6. The van der Waals surface area contributed by atoms with E-state index in [9.17, 15) is 0 Å². The Morgan fingerprint density at radius 2 is 2.14 bits per heavy atom. The zero-order valence-electron chi connectivity index (χ0n) is 9.40. The number of hydrogen-bond donors (Lipinski definition) is 0. The molecule has 0 spiro atoms. The third-order valence-corrected chi connectivity index (χ3v) is 2.99. The molecule has 14 heavy (non-hydrogen) atoms. The normalized spacial score (nSPS) is 13.5. The second-order valence-corrected chi connectivity index (χ2v) is 5.43. The average molecular weight is 213 g/mol. The van der Waals surface area contributed by atoms with Crippen molar-refractivity contribution in [3.63, 3.8) is 0 Å². The van der Waals surface area contributed by atoms with Gasteiger partial charge in [0.05, 0.1) is 6.20 Å². The Hall–Kier alpha value is -0.510. The number of nitrogens with zero attached hydrogens (tertiary/aromatic N) is 3. The summed E-state index contributed by atoms with van der Waals surface area (Å²) in [4.78, 5) is 0. The van der Waals surface area contributed by atoms with E-state index in [1.165, 1.54) is 6.42 Å². The Labute approximate surface area is 90.3 Å². The molecule has 80 valence electrons. The van der Waals surface area contributed by atoms with Crippen molar-refractivity contribution in [3.8, 4) is 0 Å². The Kier molecular flexibility index (Phi) is 4.45. The Bertz CT molecular complexity index is 270. The quantitative estimate of drug-likeness (QED) is 0.705. The van der Waals surface area contributed by atoms with Crippen LogP contribution in [0.3, 0.4) is 0 Å². The fraction of sp³-hybridized carbons (Fsp3) is 0.800. The lowest BCUT2D eigenvalue weighted by Gasteiger charge is -2.10. The maximum Gasteiger partial charge on any atom is 0.139 e. The number of thioether (sulfide) groups is 1. The number of aromatic nitrogens is 3. The van der Waals surface area contributed by atoms with Crippen LogP contribution in [0.2, 0.25) is 0 Å². The van der Waals surface area contributed by atoms with E-state index >= 15 is 0 Å². The highest BCUT2D eigenvalue weighted by molar-refractivity contribution is 7.99. The molecule has 1 unspecified atom stereocenters. The van der Waals surface area contributed by atoms with Crippen LogP contribution in [0.4, 0.5) is 0 Å². The van der Waals surface area contributed by atoms with E-state index in [1.54, 1.807) is 0 Å². The lowest BCUT2D eigenvalue weighted by molar-refractivity contribution is 0.584. The van der Waals surface area contributed by atoms with Gasteiger partial charge in [0.1, 0.15) is 5.03 Å². The summed E-state index contributed by atoms with van der Waals surface area (Å²) < 4.78 is 1.87. The SMILES string of the molecule is CCn1cc(SC(C)CC(C)C)nn1. The summed E-state index contributed by atoms with van der Waals surface area (Å²) in [5, 5.41) is 9.79. The molecule has 1 aromatic heterocycles. The van der Waals surface area contributed by atoms with Crippen LogP contribution in [-0.2, 0) is 6.54 Å². The van der Waals surface area contributed by atoms with Gasteiger partial charge in [0.25, 0.3) is 0 Å². The smallest absolute Gasteiger partial charge is 0.139 e. The molecule has 0 N–H and O–H groups in total. The van der Waals surface area contributed by atoms with Gasteiger partial charge in [-0.05, 0) is 19.3 Å². The molecule has 0 aromatic carbocycles. The molecule has 1 rings (SSSR count). The van der Waals surface area contributed by atoms with Crippen molar-refractivity contribution in [2.24, 2.45) is 5.92 Å². The summed E-state index contributed by atoms with van der Waals surface area (Å²) in [5.74, 6) is 0.749. The molecule has 0 saturated carbocycles. The second-order valence-electron chi connectivity index (χ2n) is 3.97. The van der Waals surface area contributed by atoms with E-state index in [1.807, 2.05) is 22.6 Å². The predicted molar refractivity (Wildman–Crippen MR) is 60.5 cm³/mol. The number of hydrogen-bond acceptors (Lipinski definition) is 3. The predicted octanol–water partition coefficient (Wildman–Crippen LogP) is 2.82. The van der Waals surface area contributed by atoms with Gasteiger partial charge in [0, 0.05) is 11.8 Å². The highest BCUT2D eigenvalue weighted by atomic mass is 32.2. The summed E-state index contributed by atoms with van der Waals surface area (Å²) in [5.41, 5.74) is 0. The lowest BCUT2D eigenvalue weighted by atomic mass is 10.1. The molecular weight excluding hydrogens is 194 g/mol. The summed E-state index contributed by atoms with van der Waals surface area (Å²) in [6, 6.07) is 0. The minimum absolute atomic E-state index is 0.622. The Morgan fingerprint density at radius 3 is 2.64 bits per heavy atom. The van der Waals surface area contributed by atoms with Crippen LogP contribution in [-0.4, -0.2) is 20.2 Å². The van der Waals surface area contributed by atoms with Gasteiger partial charge in [0.15, 0.2) is 0 Å². The highest BCUT2D eigenvalue weighted by Crippen LogP contribution is 2.24. The Morgan fingerprint density at radius 1 is 1.43 bits per heavy atom. The summed E-state index contributed by atoms with van der Waals surface area (Å²) >= 11 is 1.81. The molecule has 0 aliphatic carbocycles. The zero-order chi connectivity index (χ0) is 10.6. The Balaban J connectivity index is 2.43. The fourth-order valence-corrected chi connectivity index (χ4v) is 2.57. The molecule has 0 aliphatic heterocycles.